The van der Waals surface area contributed by atoms with Crippen LogP contribution >= 0.6 is 0 Å². The van der Waals surface area contributed by atoms with Gasteiger partial charge in [-0.1, -0.05) is 0 Å². The number of halogens is 6. The lowest BCUT2D eigenvalue weighted by Gasteiger charge is -2.17. The quantitative estimate of drug-likeness (QED) is 0.275. The number of benzene rings is 1. The van der Waals surface area contributed by atoms with Gasteiger partial charge in [0.2, 0.25) is 0 Å². The Balaban J connectivity index is 2.74. The highest BCUT2D eigenvalue weighted by atomic mass is 28.2. The molecule has 3 nitrogen and oxygen atoms in total. The molecule has 0 saturated heterocycles. The summed E-state index contributed by atoms with van der Waals surface area (Å²) in [5.41, 5.74) is -2.63. The van der Waals surface area contributed by atoms with Crippen LogP contribution in [0.2, 0.25) is 6.04 Å². The molecule has 0 saturated carbocycles. The Kier molecular flexibility index (Phi) is 8.38. The van der Waals surface area contributed by atoms with Gasteiger partial charge >= 0.3 is 12.4 Å². The van der Waals surface area contributed by atoms with E-state index in [-0.39, 0.29) is 18.1 Å². The standard InChI is InChI=1S/C15H20F6O3Si/c1-3-22-13(23-4-2)24-25-6-5-10-7-11(14(16,17)18)9-12(8-10)15(19,20)21/h7-9,13H,3-6,25H2,1-2H3. The van der Waals surface area contributed by atoms with Crippen molar-refractivity contribution in [2.24, 2.45) is 0 Å². The van der Waals surface area contributed by atoms with Crippen molar-refractivity contribution in [3.05, 3.63) is 34.9 Å². The summed E-state index contributed by atoms with van der Waals surface area (Å²) >= 11 is 0. The number of hydrogen-bond acceptors (Lipinski definition) is 3. The Bertz CT molecular complexity index is 495. The van der Waals surface area contributed by atoms with Crippen molar-refractivity contribution < 1.29 is 40.2 Å². The minimum atomic E-state index is -4.83. The van der Waals surface area contributed by atoms with Gasteiger partial charge < -0.3 is 13.9 Å². The predicted molar refractivity (Wildman–Crippen MR) is 81.6 cm³/mol. The highest BCUT2D eigenvalue weighted by molar-refractivity contribution is 6.27. The predicted octanol–water partition coefficient (Wildman–Crippen LogP) is 4.14. The monoisotopic (exact) mass is 390 g/mol. The maximum absolute atomic E-state index is 12.8. The molecule has 0 aromatic heterocycles. The van der Waals surface area contributed by atoms with Crippen LogP contribution in [0, 0.1) is 0 Å². The Hall–Kier alpha value is -1.10. The lowest BCUT2D eigenvalue weighted by atomic mass is 10.0. The van der Waals surface area contributed by atoms with Gasteiger partial charge in [-0.2, -0.15) is 26.3 Å². The van der Waals surface area contributed by atoms with Crippen molar-refractivity contribution in [1.29, 1.82) is 0 Å². The zero-order valence-electron chi connectivity index (χ0n) is 13.8. The smallest absolute Gasteiger partial charge is 0.379 e. The average Bonchev–Trinajstić information content (AvgIpc) is 2.50. The molecule has 0 bridgehead atoms. The fourth-order valence-corrected chi connectivity index (χ4v) is 3.14. The summed E-state index contributed by atoms with van der Waals surface area (Å²) in [6, 6.07) is 1.96. The number of hydrogen-bond donors (Lipinski definition) is 0. The van der Waals surface area contributed by atoms with E-state index in [1.807, 2.05) is 0 Å². The molecule has 0 unspecified atom stereocenters. The molecule has 144 valence electrons. The van der Waals surface area contributed by atoms with Crippen molar-refractivity contribution in [2.75, 3.05) is 13.2 Å². The molecule has 0 spiro atoms. The summed E-state index contributed by atoms with van der Waals surface area (Å²) in [4.78, 5) is 0. The molecule has 1 rings (SSSR count). The molecule has 0 radical (unpaired) electrons. The summed E-state index contributed by atoms with van der Waals surface area (Å²) in [6.07, 6.45) is -9.61. The highest BCUT2D eigenvalue weighted by Crippen LogP contribution is 2.36. The first kappa shape index (κ1) is 21.9. The molecule has 0 aliphatic heterocycles. The van der Waals surface area contributed by atoms with Crippen LogP contribution in [0.25, 0.3) is 0 Å². The van der Waals surface area contributed by atoms with Gasteiger partial charge in [-0.15, -0.1) is 0 Å². The van der Waals surface area contributed by atoms with Crippen molar-refractivity contribution in [1.82, 2.24) is 0 Å². The minimum absolute atomic E-state index is 0.0254. The van der Waals surface area contributed by atoms with Crippen LogP contribution in [0.1, 0.15) is 30.5 Å². The van der Waals surface area contributed by atoms with Crippen LogP contribution in [0.4, 0.5) is 26.3 Å². The molecule has 1 aromatic carbocycles. The van der Waals surface area contributed by atoms with E-state index in [2.05, 4.69) is 0 Å². The normalized spacial score (nSPS) is 13.3. The first-order valence-electron chi connectivity index (χ1n) is 7.71. The van der Waals surface area contributed by atoms with Crippen molar-refractivity contribution in [3.63, 3.8) is 0 Å². The van der Waals surface area contributed by atoms with Crippen LogP contribution in [0.3, 0.4) is 0 Å². The maximum atomic E-state index is 12.8. The molecule has 0 amide bonds. The van der Waals surface area contributed by atoms with Crippen LogP contribution in [0.15, 0.2) is 18.2 Å². The fourth-order valence-electron chi connectivity index (χ4n) is 2.04. The summed E-state index contributed by atoms with van der Waals surface area (Å²) in [5, 5.41) is 0. The van der Waals surface area contributed by atoms with E-state index in [1.54, 1.807) is 13.8 Å². The summed E-state index contributed by atoms with van der Waals surface area (Å²) < 4.78 is 92.4. The lowest BCUT2D eigenvalue weighted by Crippen LogP contribution is -2.23. The molecule has 0 N–H and O–H groups in total. The largest absolute Gasteiger partial charge is 0.416 e. The second kappa shape index (κ2) is 9.55. The zero-order valence-corrected chi connectivity index (χ0v) is 15.3. The molecule has 0 heterocycles. The molecule has 25 heavy (non-hydrogen) atoms. The van der Waals surface area contributed by atoms with E-state index in [0.717, 1.165) is 12.1 Å². The van der Waals surface area contributed by atoms with E-state index in [4.69, 9.17) is 13.9 Å². The third-order valence-corrected chi connectivity index (χ3v) is 4.27. The van der Waals surface area contributed by atoms with Gasteiger partial charge in [0, 0.05) is 13.2 Å². The van der Waals surface area contributed by atoms with Gasteiger partial charge in [0.15, 0.2) is 9.76 Å². The molecular formula is C15H20F6O3Si. The zero-order chi connectivity index (χ0) is 19.1. The second-order valence-electron chi connectivity index (χ2n) is 5.09. The minimum Gasteiger partial charge on any atom is -0.379 e. The maximum Gasteiger partial charge on any atom is 0.416 e. The first-order chi connectivity index (χ1) is 11.6. The van der Waals surface area contributed by atoms with Crippen molar-refractivity contribution in [2.45, 2.75) is 45.1 Å². The molecular weight excluding hydrogens is 370 g/mol. The number of alkyl halides is 6. The van der Waals surface area contributed by atoms with Gasteiger partial charge in [-0.05, 0) is 50.1 Å². The third kappa shape index (κ3) is 7.76. The topological polar surface area (TPSA) is 27.7 Å². The highest BCUT2D eigenvalue weighted by Gasteiger charge is 2.36. The summed E-state index contributed by atoms with van der Waals surface area (Å²) in [7, 11) is -1.23. The van der Waals surface area contributed by atoms with Crippen molar-refractivity contribution >= 4 is 9.76 Å². The SMILES string of the molecule is CCOC(OCC)O[SiH2]CCc1cc(C(F)(F)F)cc(C(F)(F)F)c1. The summed E-state index contributed by atoms with van der Waals surface area (Å²) in [5.74, 6) is 0. The van der Waals surface area contributed by atoms with Gasteiger partial charge in [-0.25, -0.2) is 0 Å². The van der Waals surface area contributed by atoms with Crippen LogP contribution in [-0.2, 0) is 32.7 Å². The molecule has 0 aliphatic rings. The van der Waals surface area contributed by atoms with Gasteiger partial charge in [-0.3, -0.25) is 0 Å². The number of ether oxygens (including phenoxy) is 2. The van der Waals surface area contributed by atoms with E-state index < -0.39 is 39.7 Å². The van der Waals surface area contributed by atoms with E-state index >= 15 is 0 Å². The Labute approximate surface area is 144 Å². The Morgan fingerprint density at radius 3 is 1.76 bits per heavy atom. The molecule has 0 fully saturated rings. The first-order valence-corrected chi connectivity index (χ1v) is 9.28. The molecule has 10 heteroatoms. The van der Waals surface area contributed by atoms with Gasteiger partial charge in [0.1, 0.15) is 0 Å². The lowest BCUT2D eigenvalue weighted by molar-refractivity contribution is -0.243. The van der Waals surface area contributed by atoms with E-state index in [9.17, 15) is 26.3 Å². The molecule has 0 aliphatic carbocycles. The fraction of sp³-hybridized carbons (Fsp3) is 0.600. The number of aryl methyl sites for hydroxylation is 1. The third-order valence-electron chi connectivity index (χ3n) is 3.12. The molecule has 1 aromatic rings. The Morgan fingerprint density at radius 1 is 0.880 bits per heavy atom. The van der Waals surface area contributed by atoms with E-state index in [1.165, 1.54) is 0 Å². The van der Waals surface area contributed by atoms with Crippen molar-refractivity contribution in [3.8, 4) is 0 Å². The second-order valence-corrected chi connectivity index (χ2v) is 6.54. The molecule has 0 atom stereocenters. The Morgan fingerprint density at radius 2 is 1.36 bits per heavy atom. The van der Waals surface area contributed by atoms with Crippen LogP contribution in [-0.4, -0.2) is 29.5 Å². The van der Waals surface area contributed by atoms with Crippen LogP contribution < -0.4 is 0 Å². The van der Waals surface area contributed by atoms with E-state index in [0.29, 0.717) is 19.3 Å². The number of rotatable bonds is 9. The average molecular weight is 390 g/mol. The van der Waals surface area contributed by atoms with Gasteiger partial charge in [0.25, 0.3) is 6.48 Å². The van der Waals surface area contributed by atoms with Gasteiger partial charge in [0.05, 0.1) is 11.1 Å². The summed E-state index contributed by atoms with van der Waals surface area (Å²) in [6.45, 7) is 3.38. The van der Waals surface area contributed by atoms with Crippen LogP contribution in [0.5, 0.6) is 0 Å².